The van der Waals surface area contributed by atoms with Crippen molar-refractivity contribution in [3.8, 4) is 28.7 Å². The highest BCUT2D eigenvalue weighted by Crippen LogP contribution is 2.36. The molecule has 0 amide bonds. The minimum absolute atomic E-state index is 0.151. The average molecular weight is 502 g/mol. The lowest BCUT2D eigenvalue weighted by Gasteiger charge is -2.47. The lowest BCUT2D eigenvalue weighted by molar-refractivity contribution is 0.0726. The minimum Gasteiger partial charge on any atom is -0.380 e. The Hall–Kier alpha value is -4.08. The van der Waals surface area contributed by atoms with Crippen molar-refractivity contribution in [3.05, 3.63) is 48.9 Å². The van der Waals surface area contributed by atoms with Crippen LogP contribution < -0.4 is 10.6 Å². The van der Waals surface area contributed by atoms with Gasteiger partial charge in [0.2, 0.25) is 10.0 Å². The number of fused-ring (bicyclic) bond motifs is 2. The highest BCUT2D eigenvalue weighted by Gasteiger charge is 2.49. The predicted octanol–water partition coefficient (Wildman–Crippen LogP) is 2.28. The lowest BCUT2D eigenvalue weighted by atomic mass is 9.89. The van der Waals surface area contributed by atoms with Crippen molar-refractivity contribution in [2.45, 2.75) is 12.0 Å². The molecule has 4 aromatic rings. The predicted molar refractivity (Wildman–Crippen MR) is 136 cm³/mol. The molecule has 0 radical (unpaired) electrons. The van der Waals surface area contributed by atoms with Gasteiger partial charge in [0.05, 0.1) is 35.6 Å². The highest BCUT2D eigenvalue weighted by molar-refractivity contribution is 7.88. The summed E-state index contributed by atoms with van der Waals surface area (Å²) in [5, 5.41) is 21.7. The Kier molecular flexibility index (Phi) is 5.13. The molecule has 0 saturated carbocycles. The van der Waals surface area contributed by atoms with Gasteiger partial charge in [-0.1, -0.05) is 0 Å². The molecule has 1 saturated heterocycles. The van der Waals surface area contributed by atoms with Gasteiger partial charge in [-0.25, -0.2) is 18.4 Å². The van der Waals surface area contributed by atoms with Crippen molar-refractivity contribution in [2.24, 2.45) is 0 Å². The maximum absolute atomic E-state index is 12.0. The van der Waals surface area contributed by atoms with Gasteiger partial charge in [-0.2, -0.15) is 14.7 Å². The van der Waals surface area contributed by atoms with Gasteiger partial charge in [-0.15, -0.1) is 0 Å². The molecule has 36 heavy (non-hydrogen) atoms. The van der Waals surface area contributed by atoms with Crippen LogP contribution >= 0.6 is 0 Å². The van der Waals surface area contributed by atoms with Gasteiger partial charge < -0.3 is 10.6 Å². The summed E-state index contributed by atoms with van der Waals surface area (Å²) in [6, 6.07) is 11.8. The number of aromatic nitrogens is 5. The standard InChI is InChI=1S/C24H23N9O2S/c1-36(34,35)32-14-24(15-32,5-6-25)33-10-4-18(31-33)22-17-3-2-7-26-20(17)12-19(30-22)16-11-21-23(29-13-16)28-9-8-27-21/h2-4,7,10-13,27H,5,8-9,14-15H2,1H3,(H,28,29). The van der Waals surface area contributed by atoms with E-state index in [2.05, 4.69) is 26.7 Å². The van der Waals surface area contributed by atoms with E-state index >= 15 is 0 Å². The number of hydrogen-bond donors (Lipinski definition) is 2. The molecule has 1 fully saturated rings. The summed E-state index contributed by atoms with van der Waals surface area (Å²) in [5.74, 6) is 0.814. The molecule has 2 N–H and O–H groups in total. The lowest BCUT2D eigenvalue weighted by Crippen LogP contribution is -2.63. The molecule has 0 atom stereocenters. The van der Waals surface area contributed by atoms with E-state index in [0.717, 1.165) is 41.1 Å². The van der Waals surface area contributed by atoms with Crippen molar-refractivity contribution >= 4 is 32.4 Å². The Morgan fingerprint density at radius 2 is 1.97 bits per heavy atom. The second-order valence-electron chi connectivity index (χ2n) is 9.14. The second-order valence-corrected chi connectivity index (χ2v) is 11.1. The van der Waals surface area contributed by atoms with E-state index in [-0.39, 0.29) is 19.5 Å². The van der Waals surface area contributed by atoms with Gasteiger partial charge in [-0.05, 0) is 30.3 Å². The van der Waals surface area contributed by atoms with Gasteiger partial charge >= 0.3 is 0 Å². The van der Waals surface area contributed by atoms with E-state index in [4.69, 9.17) is 10.1 Å². The highest BCUT2D eigenvalue weighted by atomic mass is 32.2. The first kappa shape index (κ1) is 22.4. The normalized spacial score (nSPS) is 16.9. The zero-order valence-corrected chi connectivity index (χ0v) is 20.3. The molecule has 182 valence electrons. The van der Waals surface area contributed by atoms with Crippen LogP contribution in [0.5, 0.6) is 0 Å². The summed E-state index contributed by atoms with van der Waals surface area (Å²) in [5.41, 5.74) is 3.83. The number of rotatable bonds is 5. The summed E-state index contributed by atoms with van der Waals surface area (Å²) in [7, 11) is -3.33. The Morgan fingerprint density at radius 1 is 1.14 bits per heavy atom. The first-order chi connectivity index (χ1) is 17.4. The van der Waals surface area contributed by atoms with Gasteiger partial charge in [0, 0.05) is 55.7 Å². The van der Waals surface area contributed by atoms with Crippen LogP contribution in [0.2, 0.25) is 0 Å². The van der Waals surface area contributed by atoms with Gasteiger partial charge in [0.1, 0.15) is 22.7 Å². The fourth-order valence-electron chi connectivity index (χ4n) is 4.72. The summed E-state index contributed by atoms with van der Waals surface area (Å²) in [6.45, 7) is 2.05. The second kappa shape index (κ2) is 8.25. The van der Waals surface area contributed by atoms with E-state index in [0.29, 0.717) is 17.1 Å². The molecular formula is C24H23N9O2S. The van der Waals surface area contributed by atoms with Gasteiger partial charge in [-0.3, -0.25) is 9.67 Å². The molecule has 0 aromatic carbocycles. The molecule has 12 heteroatoms. The van der Waals surface area contributed by atoms with E-state index in [1.807, 2.05) is 30.3 Å². The Balaban J connectivity index is 1.43. The maximum atomic E-state index is 12.0. The van der Waals surface area contributed by atoms with Crippen LogP contribution in [0.15, 0.2) is 48.9 Å². The third-order valence-corrected chi connectivity index (χ3v) is 7.85. The fraction of sp³-hybridized carbons (Fsp3) is 0.292. The van der Waals surface area contributed by atoms with E-state index in [9.17, 15) is 13.7 Å². The topological polar surface area (TPSA) is 142 Å². The number of hydrogen-bond acceptors (Lipinski definition) is 9. The molecule has 0 aliphatic carbocycles. The molecule has 0 unspecified atom stereocenters. The average Bonchev–Trinajstić information content (AvgIpc) is 3.34. The third-order valence-electron chi connectivity index (χ3n) is 6.65. The largest absolute Gasteiger partial charge is 0.380 e. The molecule has 6 rings (SSSR count). The van der Waals surface area contributed by atoms with Crippen LogP contribution in [-0.4, -0.2) is 69.9 Å². The molecule has 6 heterocycles. The quantitative estimate of drug-likeness (QED) is 0.421. The summed E-state index contributed by atoms with van der Waals surface area (Å²) >= 11 is 0. The summed E-state index contributed by atoms with van der Waals surface area (Å²) < 4.78 is 27.0. The van der Waals surface area contributed by atoms with Crippen LogP contribution in [0.3, 0.4) is 0 Å². The number of sulfonamides is 1. The monoisotopic (exact) mass is 501 g/mol. The number of nitrogens with one attached hydrogen (secondary N) is 2. The van der Waals surface area contributed by atoms with Gasteiger partial charge in [0.25, 0.3) is 0 Å². The Morgan fingerprint density at radius 3 is 2.78 bits per heavy atom. The van der Waals surface area contributed by atoms with Crippen molar-refractivity contribution < 1.29 is 8.42 Å². The van der Waals surface area contributed by atoms with E-state index < -0.39 is 15.6 Å². The zero-order chi connectivity index (χ0) is 24.9. The fourth-order valence-corrected chi connectivity index (χ4v) is 5.67. The molecule has 2 aliphatic heterocycles. The first-order valence-electron chi connectivity index (χ1n) is 11.5. The maximum Gasteiger partial charge on any atom is 0.211 e. The molecule has 2 aliphatic rings. The molecule has 4 aromatic heterocycles. The van der Waals surface area contributed by atoms with Crippen molar-refractivity contribution in [2.75, 3.05) is 43.1 Å². The number of anilines is 2. The van der Waals surface area contributed by atoms with Crippen molar-refractivity contribution in [3.63, 3.8) is 0 Å². The van der Waals surface area contributed by atoms with Crippen molar-refractivity contribution in [1.29, 1.82) is 5.26 Å². The summed E-state index contributed by atoms with van der Waals surface area (Å²) in [4.78, 5) is 14.0. The van der Waals surface area contributed by atoms with E-state index in [1.165, 1.54) is 10.6 Å². The zero-order valence-electron chi connectivity index (χ0n) is 19.5. The molecule has 0 spiro atoms. The minimum atomic E-state index is -3.33. The SMILES string of the molecule is CS(=O)(=O)N1CC(CC#N)(n2ccc(-c3nc(-c4cnc5c(c4)NCCN5)cc4ncccc34)n2)C1. The Labute approximate surface area is 207 Å². The number of pyridine rings is 3. The van der Waals surface area contributed by atoms with Gasteiger partial charge in [0.15, 0.2) is 0 Å². The number of nitrogens with zero attached hydrogens (tertiary/aromatic N) is 7. The third kappa shape index (κ3) is 3.73. The smallest absolute Gasteiger partial charge is 0.211 e. The first-order valence-corrected chi connectivity index (χ1v) is 13.3. The number of nitriles is 1. The van der Waals surface area contributed by atoms with E-state index in [1.54, 1.807) is 23.3 Å². The van der Waals surface area contributed by atoms with Crippen LogP contribution in [0.4, 0.5) is 11.5 Å². The summed E-state index contributed by atoms with van der Waals surface area (Å²) in [6.07, 6.45) is 6.64. The van der Waals surface area contributed by atoms with Crippen LogP contribution in [-0.2, 0) is 15.6 Å². The molecule has 0 bridgehead atoms. The molecular weight excluding hydrogens is 478 g/mol. The van der Waals surface area contributed by atoms with Crippen molar-refractivity contribution in [1.82, 2.24) is 29.0 Å². The Bertz CT molecular complexity index is 1640. The molecule has 11 nitrogen and oxygen atoms in total. The van der Waals surface area contributed by atoms with Crippen LogP contribution in [0, 0.1) is 11.3 Å². The van der Waals surface area contributed by atoms with Crippen LogP contribution in [0.25, 0.3) is 33.5 Å². The van der Waals surface area contributed by atoms with Crippen LogP contribution in [0.1, 0.15) is 6.42 Å².